The van der Waals surface area contributed by atoms with Gasteiger partial charge in [0.15, 0.2) is 5.76 Å². The van der Waals surface area contributed by atoms with Crippen LogP contribution in [0.2, 0.25) is 0 Å². The summed E-state index contributed by atoms with van der Waals surface area (Å²) in [5.74, 6) is -1.17. The normalized spacial score (nSPS) is 11.3. The van der Waals surface area contributed by atoms with Crippen molar-refractivity contribution < 1.29 is 19.2 Å². The van der Waals surface area contributed by atoms with Crippen molar-refractivity contribution in [2.75, 3.05) is 0 Å². The van der Waals surface area contributed by atoms with Crippen molar-refractivity contribution in [3.8, 4) is 5.75 Å². The molecule has 0 saturated heterocycles. The van der Waals surface area contributed by atoms with Gasteiger partial charge in [-0.2, -0.15) is 5.10 Å². The molecule has 0 bridgehead atoms. The third-order valence-corrected chi connectivity index (χ3v) is 4.21. The number of hydrazone groups is 1. The topological polar surface area (TPSA) is 121 Å². The summed E-state index contributed by atoms with van der Waals surface area (Å²) in [5.41, 5.74) is 2.64. The first kappa shape index (κ1) is 17.2. The molecule has 4 rings (SSSR count). The zero-order chi connectivity index (χ0) is 19.7. The Balaban J connectivity index is 1.56. The van der Waals surface area contributed by atoms with Gasteiger partial charge in [-0.15, -0.1) is 0 Å². The van der Waals surface area contributed by atoms with Gasteiger partial charge in [0.25, 0.3) is 5.69 Å². The van der Waals surface area contributed by atoms with Crippen LogP contribution in [-0.2, 0) is 0 Å². The molecule has 0 aliphatic carbocycles. The van der Waals surface area contributed by atoms with Crippen LogP contribution in [-0.4, -0.2) is 17.0 Å². The Hall–Kier alpha value is -4.20. The molecule has 138 valence electrons. The van der Waals surface area contributed by atoms with E-state index in [2.05, 4.69) is 10.5 Å². The molecule has 1 aromatic heterocycles. The molecule has 1 amide bonds. The van der Waals surface area contributed by atoms with E-state index in [1.165, 1.54) is 12.3 Å². The van der Waals surface area contributed by atoms with Crippen LogP contribution in [0.5, 0.6) is 5.75 Å². The highest BCUT2D eigenvalue weighted by Crippen LogP contribution is 2.28. The molecular formula is C20H12N3O5-. The second kappa shape index (κ2) is 6.84. The molecule has 0 aliphatic heterocycles. The molecule has 28 heavy (non-hydrogen) atoms. The van der Waals surface area contributed by atoms with Crippen LogP contribution in [0.15, 0.2) is 70.2 Å². The van der Waals surface area contributed by atoms with Gasteiger partial charge in [-0.1, -0.05) is 42.5 Å². The van der Waals surface area contributed by atoms with Crippen molar-refractivity contribution in [1.82, 2.24) is 5.43 Å². The van der Waals surface area contributed by atoms with Gasteiger partial charge in [0, 0.05) is 17.0 Å². The maximum absolute atomic E-state index is 12.3. The first-order valence-electron chi connectivity index (χ1n) is 8.23. The van der Waals surface area contributed by atoms with Gasteiger partial charge < -0.3 is 9.52 Å². The molecule has 1 N–H and O–H groups in total. The van der Waals surface area contributed by atoms with Gasteiger partial charge in [-0.25, -0.2) is 5.43 Å². The van der Waals surface area contributed by atoms with E-state index >= 15 is 0 Å². The first-order chi connectivity index (χ1) is 13.5. The number of benzene rings is 3. The largest absolute Gasteiger partial charge is 0.868 e. The molecule has 0 aliphatic rings. The molecular weight excluding hydrogens is 362 g/mol. The highest BCUT2D eigenvalue weighted by molar-refractivity contribution is 6.08. The zero-order valence-electron chi connectivity index (χ0n) is 14.3. The molecule has 4 aromatic rings. The zero-order valence-corrected chi connectivity index (χ0v) is 14.3. The van der Waals surface area contributed by atoms with E-state index in [0.29, 0.717) is 11.1 Å². The van der Waals surface area contributed by atoms with Gasteiger partial charge in [0.1, 0.15) is 5.58 Å². The summed E-state index contributed by atoms with van der Waals surface area (Å²) in [7, 11) is 0. The lowest BCUT2D eigenvalue weighted by Crippen LogP contribution is -2.16. The van der Waals surface area contributed by atoms with E-state index in [4.69, 9.17) is 4.42 Å². The SMILES string of the molecule is O=C(N/N=C\c1ccc([O-])c([N+](=O)[O-])c1)c1cc2c(ccc3ccccc32)o1. The quantitative estimate of drug-likeness (QED) is 0.334. The minimum atomic E-state index is -0.767. The summed E-state index contributed by atoms with van der Waals surface area (Å²) >= 11 is 0. The van der Waals surface area contributed by atoms with Gasteiger partial charge in [-0.3, -0.25) is 14.9 Å². The van der Waals surface area contributed by atoms with Crippen LogP contribution >= 0.6 is 0 Å². The van der Waals surface area contributed by atoms with Crippen molar-refractivity contribution >= 4 is 39.6 Å². The second-order valence-corrected chi connectivity index (χ2v) is 5.99. The Bertz CT molecular complexity index is 1260. The minimum Gasteiger partial charge on any atom is -0.868 e. The maximum atomic E-state index is 12.3. The molecule has 0 spiro atoms. The number of furan rings is 1. The number of hydrogen-bond donors (Lipinski definition) is 1. The molecule has 0 unspecified atom stereocenters. The minimum absolute atomic E-state index is 0.0874. The van der Waals surface area contributed by atoms with Crippen molar-refractivity contribution in [3.05, 3.63) is 82.1 Å². The van der Waals surface area contributed by atoms with Gasteiger partial charge >= 0.3 is 5.91 Å². The summed E-state index contributed by atoms with van der Waals surface area (Å²) in [5, 5.41) is 28.8. The van der Waals surface area contributed by atoms with Crippen LogP contribution in [0.25, 0.3) is 21.7 Å². The molecule has 0 radical (unpaired) electrons. The van der Waals surface area contributed by atoms with Crippen LogP contribution in [0.1, 0.15) is 16.1 Å². The Morgan fingerprint density at radius 3 is 2.71 bits per heavy atom. The molecule has 3 aromatic carbocycles. The summed E-state index contributed by atoms with van der Waals surface area (Å²) in [6.45, 7) is 0. The average molecular weight is 374 g/mol. The highest BCUT2D eigenvalue weighted by Gasteiger charge is 2.13. The average Bonchev–Trinajstić information content (AvgIpc) is 3.14. The number of nitrogens with zero attached hydrogens (tertiary/aromatic N) is 2. The lowest BCUT2D eigenvalue weighted by molar-refractivity contribution is -0.398. The van der Waals surface area contributed by atoms with E-state index in [1.807, 2.05) is 30.3 Å². The number of hydrogen-bond acceptors (Lipinski definition) is 6. The summed E-state index contributed by atoms with van der Waals surface area (Å²) in [4.78, 5) is 22.3. The fourth-order valence-corrected chi connectivity index (χ4v) is 2.88. The van der Waals surface area contributed by atoms with Crippen LogP contribution < -0.4 is 10.5 Å². The van der Waals surface area contributed by atoms with E-state index in [-0.39, 0.29) is 5.76 Å². The smallest absolute Gasteiger partial charge is 0.307 e. The van der Waals surface area contributed by atoms with E-state index < -0.39 is 22.3 Å². The first-order valence-corrected chi connectivity index (χ1v) is 8.23. The van der Waals surface area contributed by atoms with E-state index in [9.17, 15) is 20.0 Å². The lowest BCUT2D eigenvalue weighted by Gasteiger charge is -2.05. The Kier molecular flexibility index (Phi) is 4.21. The van der Waals surface area contributed by atoms with Crippen molar-refractivity contribution in [1.29, 1.82) is 0 Å². The third kappa shape index (κ3) is 3.14. The molecule has 8 nitrogen and oxygen atoms in total. The fourth-order valence-electron chi connectivity index (χ4n) is 2.88. The number of fused-ring (bicyclic) bond motifs is 3. The van der Waals surface area contributed by atoms with Crippen molar-refractivity contribution in [2.45, 2.75) is 0 Å². The monoisotopic (exact) mass is 374 g/mol. The van der Waals surface area contributed by atoms with Crippen LogP contribution in [0.3, 0.4) is 0 Å². The fraction of sp³-hybridized carbons (Fsp3) is 0. The lowest BCUT2D eigenvalue weighted by atomic mass is 10.1. The van der Waals surface area contributed by atoms with Crippen molar-refractivity contribution in [3.63, 3.8) is 0 Å². The molecule has 1 heterocycles. The van der Waals surface area contributed by atoms with E-state index in [0.717, 1.165) is 28.3 Å². The Morgan fingerprint density at radius 2 is 1.89 bits per heavy atom. The van der Waals surface area contributed by atoms with Gasteiger partial charge in [0.05, 0.1) is 11.1 Å². The number of rotatable bonds is 4. The molecule has 0 saturated carbocycles. The molecule has 0 fully saturated rings. The van der Waals surface area contributed by atoms with E-state index in [1.54, 1.807) is 12.1 Å². The van der Waals surface area contributed by atoms with Crippen LogP contribution in [0.4, 0.5) is 5.69 Å². The predicted octanol–water partition coefficient (Wildman–Crippen LogP) is 3.33. The predicted molar refractivity (Wildman–Crippen MR) is 101 cm³/mol. The summed E-state index contributed by atoms with van der Waals surface area (Å²) in [6.07, 6.45) is 1.21. The second-order valence-electron chi connectivity index (χ2n) is 5.99. The number of nitro groups is 1. The van der Waals surface area contributed by atoms with Gasteiger partial charge in [0.2, 0.25) is 0 Å². The van der Waals surface area contributed by atoms with Crippen LogP contribution in [0, 0.1) is 10.1 Å². The maximum Gasteiger partial charge on any atom is 0.307 e. The molecule has 0 atom stereocenters. The number of nitrogens with one attached hydrogen (secondary N) is 1. The number of carbonyl (C=O) groups is 1. The highest BCUT2D eigenvalue weighted by atomic mass is 16.6. The third-order valence-electron chi connectivity index (χ3n) is 4.21. The van der Waals surface area contributed by atoms with Crippen molar-refractivity contribution in [2.24, 2.45) is 5.10 Å². The Labute approximate surface area is 157 Å². The summed E-state index contributed by atoms with van der Waals surface area (Å²) < 4.78 is 5.59. The van der Waals surface area contributed by atoms with Gasteiger partial charge in [-0.05, 0) is 28.7 Å². The number of nitro benzene ring substituents is 1. The number of carbonyl (C=O) groups excluding carboxylic acids is 1. The number of amides is 1. The molecule has 8 heteroatoms. The summed E-state index contributed by atoms with van der Waals surface area (Å²) in [6, 6.07) is 16.6. The standard InChI is InChI=1S/C20H13N3O5/c24-17-7-5-12(9-16(17)23(26)27)11-21-22-20(25)19-10-15-14-4-2-1-3-13(14)6-8-18(15)28-19/h1-11,24H,(H,22,25)/p-1/b21-11-. The Morgan fingerprint density at radius 1 is 1.07 bits per heavy atom.